The Morgan fingerprint density at radius 1 is 1.24 bits per heavy atom. The monoisotopic (exact) mass is 396 g/mol. The van der Waals surface area contributed by atoms with Crippen molar-refractivity contribution in [2.24, 2.45) is 0 Å². The molecule has 156 valence electrons. The molecule has 4 rings (SSSR count). The lowest BCUT2D eigenvalue weighted by molar-refractivity contribution is -0.0292. The number of hydrogen-bond donors (Lipinski definition) is 1. The summed E-state index contributed by atoms with van der Waals surface area (Å²) in [7, 11) is 0. The number of carbonyl (C=O) groups excluding carboxylic acids is 1. The Morgan fingerprint density at radius 3 is 2.69 bits per heavy atom. The first-order valence-corrected chi connectivity index (χ1v) is 10.7. The number of nitrogens with one attached hydrogen (secondary N) is 1. The molecule has 1 amide bonds. The maximum atomic E-state index is 12.7. The second-order valence-corrected chi connectivity index (χ2v) is 9.23. The molecule has 2 aromatic rings. The molecule has 6 heteroatoms. The number of carbonyl (C=O) groups is 1. The van der Waals surface area contributed by atoms with E-state index in [1.165, 1.54) is 24.1 Å². The molecule has 1 aromatic carbocycles. The van der Waals surface area contributed by atoms with Crippen molar-refractivity contribution in [3.05, 3.63) is 53.3 Å². The molecule has 2 fully saturated rings. The zero-order valence-electron chi connectivity index (χ0n) is 17.7. The average molecular weight is 397 g/mol. The molecule has 1 N–H and O–H groups in total. The average Bonchev–Trinajstić information content (AvgIpc) is 3.44. The van der Waals surface area contributed by atoms with E-state index in [2.05, 4.69) is 60.4 Å². The Kier molecular flexibility index (Phi) is 5.74. The van der Waals surface area contributed by atoms with Crippen LogP contribution in [0.1, 0.15) is 61.3 Å². The van der Waals surface area contributed by atoms with E-state index in [1.54, 1.807) is 0 Å². The second kappa shape index (κ2) is 8.28. The van der Waals surface area contributed by atoms with E-state index in [-0.39, 0.29) is 17.6 Å². The van der Waals surface area contributed by atoms with Crippen LogP contribution in [0.3, 0.4) is 0 Å². The normalized spacial score (nSPS) is 20.6. The van der Waals surface area contributed by atoms with Crippen LogP contribution in [0.15, 0.2) is 36.4 Å². The van der Waals surface area contributed by atoms with Gasteiger partial charge < -0.3 is 10.1 Å². The minimum atomic E-state index is -0.124. The molecule has 2 heterocycles. The smallest absolute Gasteiger partial charge is 0.271 e. The lowest BCUT2D eigenvalue weighted by atomic mass is 10.1. The van der Waals surface area contributed by atoms with Gasteiger partial charge >= 0.3 is 0 Å². The van der Waals surface area contributed by atoms with Crippen LogP contribution >= 0.6 is 0 Å². The van der Waals surface area contributed by atoms with Gasteiger partial charge in [0.15, 0.2) is 0 Å². The first-order chi connectivity index (χ1) is 13.9. The quantitative estimate of drug-likeness (QED) is 0.815. The van der Waals surface area contributed by atoms with E-state index in [0.717, 1.165) is 19.6 Å². The molecule has 6 nitrogen and oxygen atoms in total. The van der Waals surface area contributed by atoms with E-state index in [4.69, 9.17) is 4.74 Å². The number of benzene rings is 1. The Bertz CT molecular complexity index is 836. The fraction of sp³-hybridized carbons (Fsp3) is 0.565. The lowest BCUT2D eigenvalue weighted by Gasteiger charge is -2.33. The molecular formula is C23H32N4O2. The van der Waals surface area contributed by atoms with Crippen molar-refractivity contribution in [2.75, 3.05) is 26.2 Å². The molecule has 0 spiro atoms. The maximum Gasteiger partial charge on any atom is 0.271 e. The van der Waals surface area contributed by atoms with Gasteiger partial charge in [-0.25, -0.2) is 0 Å². The zero-order chi connectivity index (χ0) is 20.4. The highest BCUT2D eigenvalue weighted by molar-refractivity contribution is 5.92. The summed E-state index contributed by atoms with van der Waals surface area (Å²) in [5.74, 6) is 0.440. The van der Waals surface area contributed by atoms with Gasteiger partial charge in [0.25, 0.3) is 5.91 Å². The van der Waals surface area contributed by atoms with Crippen molar-refractivity contribution in [1.82, 2.24) is 20.0 Å². The standard InChI is InChI=1S/C23H32N4O2/c1-23(2,3)27-21(18-9-10-18)13-20(25-27)22(28)24-14-19-16-26(11-12-29-19)15-17-7-5-4-6-8-17/h4-8,13,18-19H,9-12,14-16H2,1-3H3,(H,24,28)/t19-/m0/s1. The Hall–Kier alpha value is -2.18. The third kappa shape index (κ3) is 5.06. The van der Waals surface area contributed by atoms with Crippen molar-refractivity contribution in [2.45, 2.75) is 57.7 Å². The van der Waals surface area contributed by atoms with Crippen molar-refractivity contribution in [1.29, 1.82) is 0 Å². The fourth-order valence-corrected chi connectivity index (χ4v) is 3.90. The number of nitrogens with zero attached hydrogens (tertiary/aromatic N) is 3. The van der Waals surface area contributed by atoms with E-state index in [1.807, 2.05) is 16.8 Å². The van der Waals surface area contributed by atoms with Gasteiger partial charge in [0.2, 0.25) is 0 Å². The second-order valence-electron chi connectivity index (χ2n) is 9.23. The summed E-state index contributed by atoms with van der Waals surface area (Å²) in [6, 6.07) is 12.4. The molecule has 29 heavy (non-hydrogen) atoms. The number of ether oxygens (including phenoxy) is 1. The number of rotatable bonds is 6. The van der Waals surface area contributed by atoms with Gasteiger partial charge in [-0.1, -0.05) is 30.3 Å². The summed E-state index contributed by atoms with van der Waals surface area (Å²) in [5.41, 5.74) is 2.88. The van der Waals surface area contributed by atoms with Gasteiger partial charge in [-0.15, -0.1) is 0 Å². The summed E-state index contributed by atoms with van der Waals surface area (Å²) >= 11 is 0. The molecule has 0 radical (unpaired) electrons. The summed E-state index contributed by atoms with van der Waals surface area (Å²) in [5, 5.41) is 7.67. The van der Waals surface area contributed by atoms with Crippen molar-refractivity contribution in [3.63, 3.8) is 0 Å². The van der Waals surface area contributed by atoms with Crippen LogP contribution < -0.4 is 5.32 Å². The number of amides is 1. The third-order valence-corrected chi connectivity index (χ3v) is 5.56. The fourth-order valence-electron chi connectivity index (χ4n) is 3.90. The summed E-state index contributed by atoms with van der Waals surface area (Å²) in [6.45, 7) is 10.2. The predicted octanol–water partition coefficient (Wildman–Crippen LogP) is 3.15. The zero-order valence-corrected chi connectivity index (χ0v) is 17.7. The van der Waals surface area contributed by atoms with Gasteiger partial charge in [0.1, 0.15) is 5.69 Å². The van der Waals surface area contributed by atoms with Crippen LogP contribution in [0.2, 0.25) is 0 Å². The first-order valence-electron chi connectivity index (χ1n) is 10.7. The number of aromatic nitrogens is 2. The number of morpholine rings is 1. The van der Waals surface area contributed by atoms with E-state index in [9.17, 15) is 4.79 Å². The topological polar surface area (TPSA) is 59.4 Å². The maximum absolute atomic E-state index is 12.7. The van der Waals surface area contributed by atoms with Gasteiger partial charge in [-0.05, 0) is 45.2 Å². The van der Waals surface area contributed by atoms with Gasteiger partial charge in [-0.2, -0.15) is 5.10 Å². The molecule has 1 saturated carbocycles. The van der Waals surface area contributed by atoms with Crippen LogP contribution in [0.5, 0.6) is 0 Å². The summed E-state index contributed by atoms with van der Waals surface area (Å²) in [6.07, 6.45) is 2.38. The SMILES string of the molecule is CC(C)(C)n1nc(C(=O)NC[C@H]2CN(Cc3ccccc3)CCO2)cc1C1CC1. The highest BCUT2D eigenvalue weighted by atomic mass is 16.5. The van der Waals surface area contributed by atoms with Gasteiger partial charge in [0.05, 0.1) is 18.2 Å². The van der Waals surface area contributed by atoms with Crippen LogP contribution in [0, 0.1) is 0 Å². The molecule has 1 atom stereocenters. The highest BCUT2D eigenvalue weighted by Gasteiger charge is 2.32. The van der Waals surface area contributed by atoms with Crippen LogP contribution in [0.4, 0.5) is 0 Å². The van der Waals surface area contributed by atoms with E-state index >= 15 is 0 Å². The molecule has 1 aromatic heterocycles. The van der Waals surface area contributed by atoms with Gasteiger partial charge in [-0.3, -0.25) is 14.4 Å². The molecule has 1 aliphatic carbocycles. The molecular weight excluding hydrogens is 364 g/mol. The number of hydrogen-bond acceptors (Lipinski definition) is 4. The largest absolute Gasteiger partial charge is 0.374 e. The first kappa shape index (κ1) is 20.1. The summed E-state index contributed by atoms with van der Waals surface area (Å²) < 4.78 is 7.91. The molecule has 0 bridgehead atoms. The summed E-state index contributed by atoms with van der Waals surface area (Å²) in [4.78, 5) is 15.1. The third-order valence-electron chi connectivity index (χ3n) is 5.56. The van der Waals surface area contributed by atoms with Crippen molar-refractivity contribution in [3.8, 4) is 0 Å². The van der Waals surface area contributed by atoms with Crippen LogP contribution in [-0.4, -0.2) is 52.9 Å². The Labute approximate surface area is 173 Å². The Morgan fingerprint density at radius 2 is 2.00 bits per heavy atom. The molecule has 1 saturated heterocycles. The minimum absolute atomic E-state index is 0.00372. The van der Waals surface area contributed by atoms with Crippen molar-refractivity contribution < 1.29 is 9.53 Å². The molecule has 1 aliphatic heterocycles. The van der Waals surface area contributed by atoms with Gasteiger partial charge in [0, 0.05) is 37.8 Å². The molecule has 0 unspecified atom stereocenters. The minimum Gasteiger partial charge on any atom is -0.374 e. The lowest BCUT2D eigenvalue weighted by Crippen LogP contribution is -2.47. The van der Waals surface area contributed by atoms with Crippen molar-refractivity contribution >= 4 is 5.91 Å². The molecule has 2 aliphatic rings. The predicted molar refractivity (Wildman–Crippen MR) is 113 cm³/mol. The van der Waals surface area contributed by atoms with E-state index in [0.29, 0.717) is 24.8 Å². The highest BCUT2D eigenvalue weighted by Crippen LogP contribution is 2.41. The van der Waals surface area contributed by atoms with E-state index < -0.39 is 0 Å². The van der Waals surface area contributed by atoms with Crippen LogP contribution in [-0.2, 0) is 16.8 Å². The Balaban J connectivity index is 1.33. The van der Waals surface area contributed by atoms with Crippen LogP contribution in [0.25, 0.3) is 0 Å².